The van der Waals surface area contributed by atoms with Gasteiger partial charge in [0.25, 0.3) is 11.7 Å². The number of ether oxygens (including phenoxy) is 1. The molecule has 15 heavy (non-hydrogen) atoms. The van der Waals surface area contributed by atoms with Crippen LogP contribution in [0.2, 0.25) is 0 Å². The smallest absolute Gasteiger partial charge is 0.280 e. The van der Waals surface area contributed by atoms with Crippen LogP contribution in [0.4, 0.5) is 8.78 Å². The van der Waals surface area contributed by atoms with Crippen LogP contribution in [0.25, 0.3) is 0 Å². The summed E-state index contributed by atoms with van der Waals surface area (Å²) in [4.78, 5) is 14.0. The molecule has 0 aliphatic heterocycles. The van der Waals surface area contributed by atoms with Gasteiger partial charge in [0, 0.05) is 6.07 Å². The van der Waals surface area contributed by atoms with Crippen molar-refractivity contribution >= 4 is 16.8 Å². The summed E-state index contributed by atoms with van der Waals surface area (Å²) in [6, 6.07) is 0.837. The number of methoxy groups -OCH3 is 1. The minimum absolute atomic E-state index is 0.274. The fourth-order valence-corrected chi connectivity index (χ4v) is 1.07. The van der Waals surface area contributed by atoms with Crippen LogP contribution >= 0.6 is 11.6 Å². The molecule has 82 valence electrons. The number of alkyl halides is 2. The predicted molar refractivity (Wildman–Crippen MR) is 47.6 cm³/mol. The minimum atomic E-state index is -2.88. The number of carbonyl (C=O) groups excluding carboxylic acids is 1. The second-order valence-electron chi connectivity index (χ2n) is 2.52. The van der Waals surface area contributed by atoms with Gasteiger partial charge in [-0.15, -0.1) is 0 Å². The molecule has 7 heteroatoms. The van der Waals surface area contributed by atoms with Crippen LogP contribution in [0.3, 0.4) is 0 Å². The van der Waals surface area contributed by atoms with E-state index in [9.17, 15) is 18.7 Å². The summed E-state index contributed by atoms with van der Waals surface area (Å²) in [5.74, 6) is -0.925. The van der Waals surface area contributed by atoms with E-state index in [0.717, 1.165) is 13.2 Å². The molecule has 0 saturated carbocycles. The molecule has 0 fully saturated rings. The van der Waals surface area contributed by atoms with E-state index in [0.29, 0.717) is 0 Å². The maximum Gasteiger partial charge on any atom is 0.280 e. The highest BCUT2D eigenvalue weighted by molar-refractivity contribution is 6.67. The number of hydrogen-bond acceptors (Lipinski definition) is 4. The van der Waals surface area contributed by atoms with Gasteiger partial charge in [-0.1, -0.05) is 0 Å². The Bertz CT molecular complexity index is 398. The Morgan fingerprint density at radius 2 is 2.27 bits per heavy atom. The van der Waals surface area contributed by atoms with Crippen molar-refractivity contribution in [1.82, 2.24) is 4.98 Å². The van der Waals surface area contributed by atoms with Crippen molar-refractivity contribution in [3.05, 3.63) is 17.5 Å². The molecule has 0 saturated heterocycles. The summed E-state index contributed by atoms with van der Waals surface area (Å²) in [5, 5.41) is 8.20. The van der Waals surface area contributed by atoms with E-state index in [1.165, 1.54) is 0 Å². The van der Waals surface area contributed by atoms with Gasteiger partial charge in [-0.3, -0.25) is 4.79 Å². The molecule has 1 aromatic heterocycles. The number of pyridine rings is 1. The molecule has 0 amide bonds. The zero-order valence-corrected chi connectivity index (χ0v) is 8.26. The minimum Gasteiger partial charge on any atom is -0.503 e. The number of nitrogens with zero attached hydrogens (tertiary/aromatic N) is 1. The first kappa shape index (κ1) is 11.6. The predicted octanol–water partition coefficient (Wildman–Crippen LogP) is 2.11. The zero-order valence-electron chi connectivity index (χ0n) is 7.50. The molecule has 4 nitrogen and oxygen atoms in total. The highest BCUT2D eigenvalue weighted by atomic mass is 35.5. The van der Waals surface area contributed by atoms with Crippen molar-refractivity contribution in [2.75, 3.05) is 7.11 Å². The second kappa shape index (κ2) is 4.39. The summed E-state index contributed by atoms with van der Waals surface area (Å²) in [7, 11) is 1.16. The first-order valence-electron chi connectivity index (χ1n) is 3.73. The summed E-state index contributed by atoms with van der Waals surface area (Å²) in [5.41, 5.74) is -1.33. The van der Waals surface area contributed by atoms with Gasteiger partial charge in [-0.05, 0) is 11.6 Å². The highest BCUT2D eigenvalue weighted by Crippen LogP contribution is 2.33. The molecule has 0 aliphatic rings. The molecule has 1 rings (SSSR count). The zero-order chi connectivity index (χ0) is 11.6. The average Bonchev–Trinajstić information content (AvgIpc) is 2.17. The van der Waals surface area contributed by atoms with Crippen molar-refractivity contribution in [3.63, 3.8) is 0 Å². The third kappa shape index (κ3) is 2.33. The van der Waals surface area contributed by atoms with E-state index in [1.54, 1.807) is 0 Å². The summed E-state index contributed by atoms with van der Waals surface area (Å²) >= 11 is 5.05. The van der Waals surface area contributed by atoms with Crippen molar-refractivity contribution in [2.45, 2.75) is 6.43 Å². The second-order valence-corrected chi connectivity index (χ2v) is 2.86. The maximum atomic E-state index is 12.3. The van der Waals surface area contributed by atoms with Gasteiger partial charge >= 0.3 is 0 Å². The third-order valence-electron chi connectivity index (χ3n) is 1.61. The molecular weight excluding hydrogens is 232 g/mol. The topological polar surface area (TPSA) is 59.4 Å². The average molecular weight is 238 g/mol. The van der Waals surface area contributed by atoms with Gasteiger partial charge in [-0.25, -0.2) is 13.8 Å². The van der Waals surface area contributed by atoms with Gasteiger partial charge in [0.1, 0.15) is 5.69 Å². The van der Waals surface area contributed by atoms with Gasteiger partial charge in [0.2, 0.25) is 0 Å². The monoisotopic (exact) mass is 237 g/mol. The number of rotatable bonds is 3. The highest BCUT2D eigenvalue weighted by Gasteiger charge is 2.20. The molecule has 1 heterocycles. The van der Waals surface area contributed by atoms with Gasteiger partial charge in [-0.2, -0.15) is 0 Å². The molecule has 0 radical (unpaired) electrons. The molecule has 0 atom stereocenters. The fourth-order valence-electron chi connectivity index (χ4n) is 0.938. The lowest BCUT2D eigenvalue weighted by atomic mass is 10.2. The summed E-state index contributed by atoms with van der Waals surface area (Å²) in [6.07, 6.45) is -2.88. The Morgan fingerprint density at radius 3 is 2.67 bits per heavy atom. The van der Waals surface area contributed by atoms with E-state index >= 15 is 0 Å². The van der Waals surface area contributed by atoms with Crippen molar-refractivity contribution in [1.29, 1.82) is 0 Å². The van der Waals surface area contributed by atoms with Crippen molar-refractivity contribution in [3.8, 4) is 11.5 Å². The van der Waals surface area contributed by atoms with Crippen molar-refractivity contribution < 1.29 is 23.4 Å². The lowest BCUT2D eigenvalue weighted by Crippen LogP contribution is -2.02. The molecule has 0 spiro atoms. The molecule has 1 N–H and O–H groups in total. The van der Waals surface area contributed by atoms with Crippen molar-refractivity contribution in [2.24, 2.45) is 0 Å². The van der Waals surface area contributed by atoms with E-state index in [1.807, 2.05) is 0 Å². The van der Waals surface area contributed by atoms with Gasteiger partial charge < -0.3 is 9.84 Å². The number of halogens is 3. The maximum absolute atomic E-state index is 12.3. The molecule has 0 unspecified atom stereocenters. The Balaban J connectivity index is 3.38. The van der Waals surface area contributed by atoms with Gasteiger partial charge in [0.05, 0.1) is 7.11 Å². The fraction of sp³-hybridized carbons (Fsp3) is 0.250. The number of hydrogen-bond donors (Lipinski definition) is 1. The molecule has 0 bridgehead atoms. The molecule has 0 aromatic carbocycles. The molecule has 1 aromatic rings. The van der Waals surface area contributed by atoms with Gasteiger partial charge in [0.15, 0.2) is 17.2 Å². The summed E-state index contributed by atoms with van der Waals surface area (Å²) in [6.45, 7) is 0. The van der Waals surface area contributed by atoms with Crippen LogP contribution in [0.5, 0.6) is 11.5 Å². The standard InChI is InChI=1S/C8H6ClF2NO3/c1-15-4-2-3(8(10)11)12-5(6(4)13)7(9)14/h2,8,13H,1H3. The van der Waals surface area contributed by atoms with E-state index in [4.69, 9.17) is 11.6 Å². The third-order valence-corrected chi connectivity index (χ3v) is 1.79. The Labute approximate surface area is 88.4 Å². The Morgan fingerprint density at radius 1 is 1.67 bits per heavy atom. The Kier molecular flexibility index (Phi) is 3.41. The van der Waals surface area contributed by atoms with Crippen LogP contribution in [0.1, 0.15) is 22.6 Å². The quantitative estimate of drug-likeness (QED) is 0.818. The lowest BCUT2D eigenvalue weighted by Gasteiger charge is -2.08. The number of aromatic nitrogens is 1. The van der Waals surface area contributed by atoms with Crippen LogP contribution in [-0.4, -0.2) is 22.4 Å². The number of aromatic hydroxyl groups is 1. The van der Waals surface area contributed by atoms with E-state index < -0.39 is 28.8 Å². The van der Waals surface area contributed by atoms with Crippen LogP contribution in [-0.2, 0) is 0 Å². The van der Waals surface area contributed by atoms with Crippen LogP contribution < -0.4 is 4.74 Å². The SMILES string of the molecule is COc1cc(C(F)F)nc(C(=O)Cl)c1O. The first-order chi connectivity index (χ1) is 6.97. The van der Waals surface area contributed by atoms with Crippen LogP contribution in [0, 0.1) is 0 Å². The normalized spacial score (nSPS) is 10.5. The molecule has 0 aliphatic carbocycles. The molecular formula is C8H6ClF2NO3. The van der Waals surface area contributed by atoms with E-state index in [-0.39, 0.29) is 5.75 Å². The number of carbonyl (C=O) groups is 1. The first-order valence-corrected chi connectivity index (χ1v) is 4.11. The van der Waals surface area contributed by atoms with Crippen LogP contribution in [0.15, 0.2) is 6.07 Å². The van der Waals surface area contributed by atoms with E-state index in [2.05, 4.69) is 9.72 Å². The lowest BCUT2D eigenvalue weighted by molar-refractivity contribution is 0.107. The summed E-state index contributed by atoms with van der Waals surface area (Å²) < 4.78 is 29.2. The largest absolute Gasteiger partial charge is 0.503 e. The Hall–Kier alpha value is -1.43.